The minimum atomic E-state index is -0.122. The summed E-state index contributed by atoms with van der Waals surface area (Å²) >= 11 is 1.52. The lowest BCUT2D eigenvalue weighted by Crippen LogP contribution is -2.13. The van der Waals surface area contributed by atoms with Gasteiger partial charge in [-0.05, 0) is 29.8 Å². The van der Waals surface area contributed by atoms with E-state index in [9.17, 15) is 4.79 Å². The lowest BCUT2D eigenvalue weighted by atomic mass is 10.2. The fourth-order valence-corrected chi connectivity index (χ4v) is 4.20. The van der Waals surface area contributed by atoms with Crippen LogP contribution in [-0.4, -0.2) is 15.0 Å². The van der Waals surface area contributed by atoms with Crippen molar-refractivity contribution in [1.29, 1.82) is 0 Å². The molecule has 28 heavy (non-hydrogen) atoms. The van der Waals surface area contributed by atoms with Gasteiger partial charge in [-0.1, -0.05) is 30.3 Å². The lowest BCUT2D eigenvalue weighted by molar-refractivity contribution is 0.561. The van der Waals surface area contributed by atoms with Crippen LogP contribution in [0, 0.1) is 6.92 Å². The maximum Gasteiger partial charge on any atom is 0.259 e. The second-order valence-corrected chi connectivity index (χ2v) is 7.51. The first-order valence-electron chi connectivity index (χ1n) is 8.85. The highest BCUT2D eigenvalue weighted by atomic mass is 32.1. The highest BCUT2D eigenvalue weighted by Gasteiger charge is 2.10. The van der Waals surface area contributed by atoms with Gasteiger partial charge in [0.1, 0.15) is 16.2 Å². The van der Waals surface area contributed by atoms with Crippen molar-refractivity contribution in [3.63, 3.8) is 0 Å². The molecular weight excluding hydrogens is 372 g/mol. The predicted octanol–water partition coefficient (Wildman–Crippen LogP) is 4.71. The molecule has 3 aromatic heterocycles. The Kier molecular flexibility index (Phi) is 3.95. The predicted molar refractivity (Wildman–Crippen MR) is 112 cm³/mol. The number of hydrogen-bond acceptors (Lipinski definition) is 6. The fourth-order valence-electron chi connectivity index (χ4n) is 3.14. The minimum absolute atomic E-state index is 0.122. The van der Waals surface area contributed by atoms with E-state index in [-0.39, 0.29) is 5.56 Å². The van der Waals surface area contributed by atoms with Crippen LogP contribution >= 0.6 is 11.3 Å². The zero-order valence-corrected chi connectivity index (χ0v) is 15.8. The van der Waals surface area contributed by atoms with E-state index in [0.29, 0.717) is 23.6 Å². The second-order valence-electron chi connectivity index (χ2n) is 6.48. The third-order valence-electron chi connectivity index (χ3n) is 4.46. The van der Waals surface area contributed by atoms with Crippen LogP contribution in [0.4, 0.5) is 5.69 Å². The van der Waals surface area contributed by atoms with Gasteiger partial charge in [0.25, 0.3) is 5.56 Å². The van der Waals surface area contributed by atoms with E-state index >= 15 is 0 Å². The van der Waals surface area contributed by atoms with Crippen molar-refractivity contribution >= 4 is 38.3 Å². The van der Waals surface area contributed by atoms with Gasteiger partial charge in [-0.15, -0.1) is 11.3 Å². The molecule has 0 spiro atoms. The van der Waals surface area contributed by atoms with Crippen LogP contribution < -0.4 is 10.9 Å². The molecule has 0 unspecified atom stereocenters. The summed E-state index contributed by atoms with van der Waals surface area (Å²) in [4.78, 5) is 26.1. The lowest BCUT2D eigenvalue weighted by Gasteiger charge is -2.05. The van der Waals surface area contributed by atoms with Gasteiger partial charge in [0.15, 0.2) is 11.5 Å². The van der Waals surface area contributed by atoms with Gasteiger partial charge < -0.3 is 14.7 Å². The van der Waals surface area contributed by atoms with Crippen LogP contribution in [0.25, 0.3) is 31.8 Å². The molecule has 0 fully saturated rings. The Labute approximate surface area is 163 Å². The summed E-state index contributed by atoms with van der Waals surface area (Å²) in [5, 5.41) is 3.90. The summed E-state index contributed by atoms with van der Waals surface area (Å²) < 4.78 is 5.49. The molecule has 5 aromatic rings. The van der Waals surface area contributed by atoms with Crippen molar-refractivity contribution in [3.8, 4) is 10.4 Å². The smallest absolute Gasteiger partial charge is 0.259 e. The normalized spacial score (nSPS) is 11.3. The Hall–Kier alpha value is -3.45. The molecule has 0 atom stereocenters. The summed E-state index contributed by atoms with van der Waals surface area (Å²) in [6, 6.07) is 17.6. The molecule has 5 rings (SSSR count). The molecule has 138 valence electrons. The number of fused-ring (bicyclic) bond motifs is 2. The zero-order chi connectivity index (χ0) is 19.1. The number of anilines is 1. The molecule has 7 heteroatoms. The molecule has 0 aliphatic rings. The van der Waals surface area contributed by atoms with Crippen molar-refractivity contribution in [1.82, 2.24) is 15.0 Å². The van der Waals surface area contributed by atoms with Crippen molar-refractivity contribution in [2.75, 3.05) is 5.32 Å². The van der Waals surface area contributed by atoms with Crippen LogP contribution in [0.15, 0.2) is 63.8 Å². The molecule has 0 amide bonds. The topological polar surface area (TPSA) is 83.8 Å². The van der Waals surface area contributed by atoms with E-state index in [2.05, 4.69) is 20.3 Å². The summed E-state index contributed by atoms with van der Waals surface area (Å²) in [5.74, 6) is 1.23. The average molecular weight is 388 g/mol. The Bertz CT molecular complexity index is 1350. The number of nitrogens with zero attached hydrogens (tertiary/aromatic N) is 2. The van der Waals surface area contributed by atoms with E-state index in [4.69, 9.17) is 4.42 Å². The first kappa shape index (κ1) is 16.7. The summed E-state index contributed by atoms with van der Waals surface area (Å²) in [6.07, 6.45) is 0. The van der Waals surface area contributed by atoms with Crippen molar-refractivity contribution in [3.05, 3.63) is 76.7 Å². The van der Waals surface area contributed by atoms with Crippen molar-refractivity contribution in [2.45, 2.75) is 13.5 Å². The van der Waals surface area contributed by atoms with Gasteiger partial charge in [-0.3, -0.25) is 4.79 Å². The maximum absolute atomic E-state index is 12.5. The number of oxazole rings is 1. The first-order chi connectivity index (χ1) is 13.7. The molecule has 6 nitrogen and oxygen atoms in total. The molecule has 0 aliphatic heterocycles. The summed E-state index contributed by atoms with van der Waals surface area (Å²) in [7, 11) is 0. The number of aromatic amines is 1. The number of aromatic nitrogens is 3. The van der Waals surface area contributed by atoms with Crippen LogP contribution in [0.5, 0.6) is 0 Å². The summed E-state index contributed by atoms with van der Waals surface area (Å²) in [6.45, 7) is 2.23. The molecule has 2 aromatic carbocycles. The van der Waals surface area contributed by atoms with E-state index in [1.807, 2.05) is 61.5 Å². The van der Waals surface area contributed by atoms with Crippen LogP contribution in [-0.2, 0) is 6.54 Å². The number of nitrogens with one attached hydrogen (secondary N) is 2. The van der Waals surface area contributed by atoms with Gasteiger partial charge in [0, 0.05) is 17.5 Å². The second kappa shape index (κ2) is 6.61. The Balaban J connectivity index is 1.43. The van der Waals surface area contributed by atoms with Crippen molar-refractivity contribution in [2.24, 2.45) is 0 Å². The molecular formula is C21H16N4O2S. The Morgan fingerprint density at radius 1 is 1.11 bits per heavy atom. The Morgan fingerprint density at radius 2 is 1.96 bits per heavy atom. The quantitative estimate of drug-likeness (QED) is 0.466. The number of aryl methyl sites for hydroxylation is 1. The monoisotopic (exact) mass is 388 g/mol. The van der Waals surface area contributed by atoms with Gasteiger partial charge >= 0.3 is 0 Å². The number of rotatable bonds is 4. The number of thiophene rings is 1. The van der Waals surface area contributed by atoms with Gasteiger partial charge in [-0.25, -0.2) is 9.97 Å². The van der Waals surface area contributed by atoms with E-state index in [0.717, 1.165) is 32.1 Å². The molecule has 0 radical (unpaired) electrons. The average Bonchev–Trinajstić information content (AvgIpc) is 3.29. The minimum Gasteiger partial charge on any atom is -0.441 e. The van der Waals surface area contributed by atoms with Crippen LogP contribution in [0.1, 0.15) is 11.7 Å². The van der Waals surface area contributed by atoms with Crippen LogP contribution in [0.3, 0.4) is 0 Å². The maximum atomic E-state index is 12.5. The highest BCUT2D eigenvalue weighted by Crippen LogP contribution is 2.30. The van der Waals surface area contributed by atoms with E-state index in [1.165, 1.54) is 11.3 Å². The van der Waals surface area contributed by atoms with Gasteiger partial charge in [-0.2, -0.15) is 0 Å². The van der Waals surface area contributed by atoms with E-state index < -0.39 is 0 Å². The molecule has 2 N–H and O–H groups in total. The molecule has 0 bridgehead atoms. The Morgan fingerprint density at radius 3 is 2.82 bits per heavy atom. The highest BCUT2D eigenvalue weighted by molar-refractivity contribution is 7.21. The number of hydrogen-bond donors (Lipinski definition) is 2. The standard InChI is InChI=1S/C21H16N4O2S/c1-12-23-16-9-14(7-8-17(16)27-12)22-11-19-24-20(26)15-10-18(28-21(15)25-19)13-5-3-2-4-6-13/h2-10,22H,11H2,1H3,(H,24,25,26). The zero-order valence-electron chi connectivity index (χ0n) is 15.0. The molecule has 3 heterocycles. The van der Waals surface area contributed by atoms with Crippen LogP contribution in [0.2, 0.25) is 0 Å². The van der Waals surface area contributed by atoms with Gasteiger partial charge in [0.05, 0.1) is 11.9 Å². The fraction of sp³-hybridized carbons (Fsp3) is 0.0952. The number of H-pyrrole nitrogens is 1. The number of benzene rings is 2. The van der Waals surface area contributed by atoms with Crippen molar-refractivity contribution < 1.29 is 4.42 Å². The molecule has 0 saturated carbocycles. The van der Waals surface area contributed by atoms with Gasteiger partial charge in [0.2, 0.25) is 0 Å². The largest absolute Gasteiger partial charge is 0.441 e. The SMILES string of the molecule is Cc1nc2cc(NCc3nc4sc(-c5ccccc5)cc4c(=O)[nH]3)ccc2o1. The van der Waals surface area contributed by atoms with E-state index in [1.54, 1.807) is 0 Å². The molecule has 0 aliphatic carbocycles. The summed E-state index contributed by atoms with van der Waals surface area (Å²) in [5.41, 5.74) is 3.40. The third-order valence-corrected chi connectivity index (χ3v) is 5.54. The molecule has 0 saturated heterocycles. The first-order valence-corrected chi connectivity index (χ1v) is 9.66. The third kappa shape index (κ3) is 3.05.